The Bertz CT molecular complexity index is 1430. The predicted molar refractivity (Wildman–Crippen MR) is 131 cm³/mol. The number of carbonyl (C=O) groups is 1. The number of aromatic nitrogens is 3. The Morgan fingerprint density at radius 1 is 0.939 bits per heavy atom. The Hall–Kier alpha value is -4.45. The van der Waals surface area contributed by atoms with Crippen molar-refractivity contribution >= 4 is 23.0 Å². The monoisotopic (exact) mass is 433 g/mol. The van der Waals surface area contributed by atoms with Gasteiger partial charge in [-0.1, -0.05) is 78.9 Å². The number of aryl methyl sites for hydroxylation is 1. The van der Waals surface area contributed by atoms with E-state index in [4.69, 9.17) is 5.10 Å². The van der Waals surface area contributed by atoms with Crippen LogP contribution in [-0.2, 0) is 13.6 Å². The number of hydrazone groups is 1. The Morgan fingerprint density at radius 3 is 2.42 bits per heavy atom. The Kier molecular flexibility index (Phi) is 5.55. The van der Waals surface area contributed by atoms with E-state index in [1.165, 1.54) is 0 Å². The molecule has 3 aromatic carbocycles. The first-order chi connectivity index (χ1) is 16.2. The van der Waals surface area contributed by atoms with Crippen molar-refractivity contribution in [1.82, 2.24) is 19.8 Å². The van der Waals surface area contributed by atoms with Crippen LogP contribution < -0.4 is 5.43 Å². The predicted octanol–water partition coefficient (Wildman–Crippen LogP) is 4.85. The van der Waals surface area contributed by atoms with Gasteiger partial charge in [0.1, 0.15) is 5.69 Å². The second-order valence-electron chi connectivity index (χ2n) is 7.85. The number of benzene rings is 3. The summed E-state index contributed by atoms with van der Waals surface area (Å²) in [5.41, 5.74) is 8.06. The van der Waals surface area contributed by atoms with Crippen molar-refractivity contribution in [1.29, 1.82) is 0 Å². The molecule has 2 aromatic heterocycles. The van der Waals surface area contributed by atoms with E-state index in [-0.39, 0.29) is 5.91 Å². The number of carbonyl (C=O) groups excluding carboxylic acids is 1. The first-order valence-electron chi connectivity index (χ1n) is 10.7. The lowest BCUT2D eigenvalue weighted by Gasteiger charge is -2.01. The van der Waals surface area contributed by atoms with Crippen LogP contribution >= 0.6 is 0 Å². The Labute approximate surface area is 191 Å². The SMILES string of the molecule is Cn1cc(C(=O)N/N=C/c2cn(Cc3ccccc3)nc2-c2ccccc2)c2ccccc21. The van der Waals surface area contributed by atoms with Gasteiger partial charge < -0.3 is 4.57 Å². The number of amides is 1. The maximum absolute atomic E-state index is 12.8. The summed E-state index contributed by atoms with van der Waals surface area (Å²) in [5, 5.41) is 9.94. The molecule has 5 aromatic rings. The average molecular weight is 434 g/mol. The Balaban J connectivity index is 1.41. The van der Waals surface area contributed by atoms with Gasteiger partial charge in [-0.05, 0) is 11.6 Å². The van der Waals surface area contributed by atoms with E-state index in [0.717, 1.165) is 33.3 Å². The van der Waals surface area contributed by atoms with Gasteiger partial charge in [0, 0.05) is 41.5 Å². The summed E-state index contributed by atoms with van der Waals surface area (Å²) in [6.07, 6.45) is 5.42. The van der Waals surface area contributed by atoms with Crippen molar-refractivity contribution in [2.24, 2.45) is 12.1 Å². The minimum atomic E-state index is -0.249. The molecule has 6 nitrogen and oxygen atoms in total. The molecule has 0 aliphatic heterocycles. The van der Waals surface area contributed by atoms with Gasteiger partial charge in [0.15, 0.2) is 0 Å². The molecule has 0 unspecified atom stereocenters. The second kappa shape index (κ2) is 8.96. The molecule has 5 rings (SSSR count). The normalized spacial score (nSPS) is 11.3. The summed E-state index contributed by atoms with van der Waals surface area (Å²) < 4.78 is 3.83. The van der Waals surface area contributed by atoms with Crippen LogP contribution in [0.2, 0.25) is 0 Å². The van der Waals surface area contributed by atoms with Crippen LogP contribution in [0.25, 0.3) is 22.2 Å². The highest BCUT2D eigenvalue weighted by Crippen LogP contribution is 2.22. The van der Waals surface area contributed by atoms with Crippen LogP contribution in [0.5, 0.6) is 0 Å². The minimum absolute atomic E-state index is 0.249. The third kappa shape index (κ3) is 4.32. The number of hydrogen-bond donors (Lipinski definition) is 1. The van der Waals surface area contributed by atoms with Crippen molar-refractivity contribution in [3.63, 3.8) is 0 Å². The van der Waals surface area contributed by atoms with Gasteiger partial charge in [-0.15, -0.1) is 0 Å². The van der Waals surface area contributed by atoms with Gasteiger partial charge in [0.25, 0.3) is 5.91 Å². The quantitative estimate of drug-likeness (QED) is 0.307. The zero-order chi connectivity index (χ0) is 22.6. The molecule has 162 valence electrons. The third-order valence-electron chi connectivity index (χ3n) is 5.54. The summed E-state index contributed by atoms with van der Waals surface area (Å²) >= 11 is 0. The fourth-order valence-electron chi connectivity index (χ4n) is 3.95. The number of nitrogens with zero attached hydrogens (tertiary/aromatic N) is 4. The smallest absolute Gasteiger partial charge is 0.273 e. The average Bonchev–Trinajstić information content (AvgIpc) is 3.41. The maximum Gasteiger partial charge on any atom is 0.273 e. The number of nitrogens with one attached hydrogen (secondary N) is 1. The number of hydrogen-bond acceptors (Lipinski definition) is 3. The largest absolute Gasteiger partial charge is 0.350 e. The van der Waals surface area contributed by atoms with E-state index in [1.54, 1.807) is 6.21 Å². The zero-order valence-electron chi connectivity index (χ0n) is 18.2. The van der Waals surface area contributed by atoms with Gasteiger partial charge in [-0.3, -0.25) is 9.48 Å². The standard InChI is InChI=1S/C27H23N5O/c1-31-19-24(23-14-8-9-15-25(23)31)27(33)29-28-16-22-18-32(17-20-10-4-2-5-11-20)30-26(22)21-12-6-3-7-13-21/h2-16,18-19H,17H2,1H3,(H,29,33)/b28-16+. The fraction of sp³-hybridized carbons (Fsp3) is 0.0741. The van der Waals surface area contributed by atoms with Gasteiger partial charge in [-0.2, -0.15) is 10.2 Å². The van der Waals surface area contributed by atoms with Gasteiger partial charge in [0.2, 0.25) is 0 Å². The van der Waals surface area contributed by atoms with Crippen LogP contribution in [0, 0.1) is 0 Å². The van der Waals surface area contributed by atoms with Crippen LogP contribution in [-0.4, -0.2) is 26.5 Å². The molecule has 33 heavy (non-hydrogen) atoms. The molecule has 0 spiro atoms. The van der Waals surface area contributed by atoms with Crippen molar-refractivity contribution in [2.75, 3.05) is 0 Å². The van der Waals surface area contributed by atoms with Crippen LogP contribution in [0.3, 0.4) is 0 Å². The summed E-state index contributed by atoms with van der Waals surface area (Å²) in [4.78, 5) is 12.8. The highest BCUT2D eigenvalue weighted by atomic mass is 16.2. The maximum atomic E-state index is 12.8. The van der Waals surface area contributed by atoms with Crippen molar-refractivity contribution in [3.8, 4) is 11.3 Å². The molecule has 6 heteroatoms. The number of fused-ring (bicyclic) bond motifs is 1. The lowest BCUT2D eigenvalue weighted by molar-refractivity contribution is 0.0956. The van der Waals surface area contributed by atoms with E-state index >= 15 is 0 Å². The fourth-order valence-corrected chi connectivity index (χ4v) is 3.95. The topological polar surface area (TPSA) is 64.2 Å². The molecule has 0 aliphatic carbocycles. The zero-order valence-corrected chi connectivity index (χ0v) is 18.2. The number of rotatable bonds is 6. The molecular formula is C27H23N5O. The molecule has 0 radical (unpaired) electrons. The summed E-state index contributed by atoms with van der Waals surface area (Å²) in [7, 11) is 1.93. The lowest BCUT2D eigenvalue weighted by Crippen LogP contribution is -2.17. The number of para-hydroxylation sites is 1. The summed E-state index contributed by atoms with van der Waals surface area (Å²) in [6.45, 7) is 0.650. The van der Waals surface area contributed by atoms with Gasteiger partial charge in [-0.25, -0.2) is 5.43 Å². The van der Waals surface area contributed by atoms with Crippen molar-refractivity contribution in [3.05, 3.63) is 114 Å². The minimum Gasteiger partial charge on any atom is -0.350 e. The third-order valence-corrected chi connectivity index (χ3v) is 5.54. The molecule has 0 atom stereocenters. The van der Waals surface area contributed by atoms with Gasteiger partial charge in [0.05, 0.1) is 18.3 Å². The van der Waals surface area contributed by atoms with Gasteiger partial charge >= 0.3 is 0 Å². The van der Waals surface area contributed by atoms with Crippen LogP contribution in [0.1, 0.15) is 21.5 Å². The van der Waals surface area contributed by atoms with E-state index < -0.39 is 0 Å². The first-order valence-corrected chi connectivity index (χ1v) is 10.7. The van der Waals surface area contributed by atoms with Crippen molar-refractivity contribution < 1.29 is 4.79 Å². The first kappa shape index (κ1) is 20.5. The molecule has 0 saturated heterocycles. The summed E-state index contributed by atoms with van der Waals surface area (Å²) in [6, 6.07) is 28.0. The molecule has 0 bridgehead atoms. The molecule has 1 N–H and O–H groups in total. The van der Waals surface area contributed by atoms with E-state index in [9.17, 15) is 4.79 Å². The highest BCUT2D eigenvalue weighted by molar-refractivity contribution is 6.07. The highest BCUT2D eigenvalue weighted by Gasteiger charge is 2.14. The molecule has 0 saturated carbocycles. The molecule has 0 fully saturated rings. The second-order valence-corrected chi connectivity index (χ2v) is 7.85. The molecular weight excluding hydrogens is 410 g/mol. The molecule has 0 aliphatic rings. The van der Waals surface area contributed by atoms with Crippen molar-refractivity contribution in [2.45, 2.75) is 6.54 Å². The van der Waals surface area contributed by atoms with Crippen LogP contribution in [0.15, 0.2) is 102 Å². The molecule has 1 amide bonds. The Morgan fingerprint density at radius 2 is 1.64 bits per heavy atom. The lowest BCUT2D eigenvalue weighted by atomic mass is 10.1. The van der Waals surface area contributed by atoms with E-state index in [0.29, 0.717) is 12.1 Å². The van der Waals surface area contributed by atoms with E-state index in [2.05, 4.69) is 22.7 Å². The molecule has 2 heterocycles. The summed E-state index contributed by atoms with van der Waals surface area (Å²) in [5.74, 6) is -0.249. The van der Waals surface area contributed by atoms with Crippen LogP contribution in [0.4, 0.5) is 0 Å². The van der Waals surface area contributed by atoms with E-state index in [1.807, 2.05) is 101 Å².